The maximum Gasteiger partial charge on any atom is 0.195 e. The molecule has 0 aliphatic carbocycles. The van der Waals surface area contributed by atoms with E-state index in [-0.39, 0.29) is 11.7 Å². The molecule has 1 unspecified atom stereocenters. The first-order chi connectivity index (χ1) is 9.22. The number of hydrogen-bond acceptors (Lipinski definition) is 4. The normalized spacial score (nSPS) is 16.8. The topological polar surface area (TPSA) is 53.4 Å². The van der Waals surface area contributed by atoms with Crippen molar-refractivity contribution in [3.63, 3.8) is 0 Å². The molecule has 1 aromatic heterocycles. The predicted molar refractivity (Wildman–Crippen MR) is 68.8 cm³/mol. The van der Waals surface area contributed by atoms with Gasteiger partial charge in [0.15, 0.2) is 11.5 Å². The summed E-state index contributed by atoms with van der Waals surface area (Å²) in [7, 11) is 3.27. The van der Waals surface area contributed by atoms with Crippen molar-refractivity contribution in [2.75, 3.05) is 13.7 Å². The Morgan fingerprint density at radius 1 is 1.47 bits per heavy atom. The van der Waals surface area contributed by atoms with Crippen LogP contribution >= 0.6 is 0 Å². The van der Waals surface area contributed by atoms with Crippen molar-refractivity contribution in [1.82, 2.24) is 9.78 Å². The number of nitrogens with zero attached hydrogens (tertiary/aromatic N) is 2. The minimum atomic E-state index is -0.291. The van der Waals surface area contributed by atoms with Crippen LogP contribution in [0.1, 0.15) is 22.0 Å². The SMILES string of the molecule is COc1cnn(C)c1C(=O)C1COc2ccccc21. The summed E-state index contributed by atoms with van der Waals surface area (Å²) in [6.45, 7) is 0.368. The van der Waals surface area contributed by atoms with Gasteiger partial charge >= 0.3 is 0 Å². The average Bonchev–Trinajstić information content (AvgIpc) is 3.01. The highest BCUT2D eigenvalue weighted by Gasteiger charge is 2.33. The van der Waals surface area contributed by atoms with Gasteiger partial charge < -0.3 is 9.47 Å². The molecule has 19 heavy (non-hydrogen) atoms. The highest BCUT2D eigenvalue weighted by molar-refractivity contribution is 6.02. The highest BCUT2D eigenvalue weighted by atomic mass is 16.5. The van der Waals surface area contributed by atoms with E-state index in [0.29, 0.717) is 18.1 Å². The maximum absolute atomic E-state index is 12.7. The molecule has 1 aliphatic rings. The standard InChI is InChI=1S/C14H14N2O3/c1-16-13(12(18-2)7-15-16)14(17)10-8-19-11-6-4-3-5-9(10)11/h3-7,10H,8H2,1-2H3. The molecule has 5 heteroatoms. The van der Waals surface area contributed by atoms with Gasteiger partial charge in [-0.25, -0.2) is 0 Å². The van der Waals surface area contributed by atoms with E-state index in [1.54, 1.807) is 17.9 Å². The summed E-state index contributed by atoms with van der Waals surface area (Å²) in [4.78, 5) is 12.7. The zero-order chi connectivity index (χ0) is 13.4. The molecule has 1 aromatic carbocycles. The van der Waals surface area contributed by atoms with Crippen LogP contribution in [-0.2, 0) is 7.05 Å². The third-order valence-corrected chi connectivity index (χ3v) is 3.37. The van der Waals surface area contributed by atoms with Crippen LogP contribution in [0.5, 0.6) is 11.5 Å². The van der Waals surface area contributed by atoms with E-state index in [9.17, 15) is 4.79 Å². The van der Waals surface area contributed by atoms with E-state index in [1.165, 1.54) is 7.11 Å². The number of hydrogen-bond donors (Lipinski definition) is 0. The second-order valence-corrected chi connectivity index (χ2v) is 4.45. The van der Waals surface area contributed by atoms with Crippen molar-refractivity contribution in [1.29, 1.82) is 0 Å². The number of rotatable bonds is 3. The van der Waals surface area contributed by atoms with Crippen LogP contribution in [-0.4, -0.2) is 29.3 Å². The summed E-state index contributed by atoms with van der Waals surface area (Å²) in [5, 5.41) is 4.07. The Morgan fingerprint density at radius 3 is 3.05 bits per heavy atom. The number of carbonyl (C=O) groups excluding carboxylic acids is 1. The van der Waals surface area contributed by atoms with Gasteiger partial charge in [0.05, 0.1) is 19.2 Å². The van der Waals surface area contributed by atoms with Crippen molar-refractivity contribution in [2.24, 2.45) is 7.05 Å². The summed E-state index contributed by atoms with van der Waals surface area (Å²) in [5.74, 6) is 0.959. The quantitative estimate of drug-likeness (QED) is 0.788. The molecule has 98 valence electrons. The molecule has 0 saturated heterocycles. The van der Waals surface area contributed by atoms with E-state index in [0.717, 1.165) is 11.3 Å². The molecule has 1 atom stereocenters. The average molecular weight is 258 g/mol. The number of ketones is 1. The largest absolute Gasteiger partial charge is 0.493 e. The number of para-hydroxylation sites is 1. The summed E-state index contributed by atoms with van der Waals surface area (Å²) in [6.07, 6.45) is 1.55. The van der Waals surface area contributed by atoms with E-state index in [2.05, 4.69) is 5.10 Å². The number of carbonyl (C=O) groups is 1. The Hall–Kier alpha value is -2.30. The van der Waals surface area contributed by atoms with Gasteiger partial charge in [0.2, 0.25) is 0 Å². The smallest absolute Gasteiger partial charge is 0.195 e. The molecule has 5 nitrogen and oxygen atoms in total. The lowest BCUT2D eigenvalue weighted by Gasteiger charge is -2.09. The van der Waals surface area contributed by atoms with E-state index < -0.39 is 0 Å². The van der Waals surface area contributed by atoms with Crippen LogP contribution in [0.3, 0.4) is 0 Å². The Kier molecular flexibility index (Phi) is 2.74. The number of benzene rings is 1. The van der Waals surface area contributed by atoms with Crippen LogP contribution in [0.4, 0.5) is 0 Å². The number of ether oxygens (including phenoxy) is 2. The fraction of sp³-hybridized carbons (Fsp3) is 0.286. The van der Waals surface area contributed by atoms with Gasteiger partial charge in [-0.15, -0.1) is 0 Å². The van der Waals surface area contributed by atoms with Crippen LogP contribution in [0.15, 0.2) is 30.5 Å². The number of methoxy groups -OCH3 is 1. The van der Waals surface area contributed by atoms with E-state index in [1.807, 2.05) is 24.3 Å². The third-order valence-electron chi connectivity index (χ3n) is 3.37. The van der Waals surface area contributed by atoms with Gasteiger partial charge in [0.1, 0.15) is 18.1 Å². The van der Waals surface area contributed by atoms with E-state index in [4.69, 9.17) is 9.47 Å². The van der Waals surface area contributed by atoms with Crippen molar-refractivity contribution >= 4 is 5.78 Å². The minimum absolute atomic E-state index is 0.0261. The Bertz CT molecular complexity index is 633. The fourth-order valence-electron chi connectivity index (χ4n) is 2.39. The van der Waals surface area contributed by atoms with Crippen LogP contribution < -0.4 is 9.47 Å². The Balaban J connectivity index is 2.00. The molecule has 0 fully saturated rings. The third kappa shape index (κ3) is 1.78. The summed E-state index contributed by atoms with van der Waals surface area (Å²) >= 11 is 0. The second kappa shape index (κ2) is 4.42. The number of aromatic nitrogens is 2. The van der Waals surface area contributed by atoms with Gasteiger partial charge in [-0.1, -0.05) is 18.2 Å². The van der Waals surface area contributed by atoms with Crippen molar-refractivity contribution in [3.8, 4) is 11.5 Å². The zero-order valence-electron chi connectivity index (χ0n) is 10.8. The van der Waals surface area contributed by atoms with Gasteiger partial charge in [-0.3, -0.25) is 9.48 Å². The van der Waals surface area contributed by atoms with E-state index >= 15 is 0 Å². The lowest BCUT2D eigenvalue weighted by atomic mass is 9.95. The van der Waals surface area contributed by atoms with Crippen LogP contribution in [0.2, 0.25) is 0 Å². The lowest BCUT2D eigenvalue weighted by molar-refractivity contribution is 0.0935. The first-order valence-electron chi connectivity index (χ1n) is 6.04. The Labute approximate surface area is 110 Å². The fourth-order valence-corrected chi connectivity index (χ4v) is 2.39. The summed E-state index contributed by atoms with van der Waals surface area (Å²) < 4.78 is 12.3. The van der Waals surface area contributed by atoms with Gasteiger partial charge in [-0.2, -0.15) is 5.10 Å². The van der Waals surface area contributed by atoms with Crippen LogP contribution in [0, 0.1) is 0 Å². The molecule has 2 heterocycles. The van der Waals surface area contributed by atoms with Gasteiger partial charge in [0, 0.05) is 12.6 Å². The van der Waals surface area contributed by atoms with Crippen molar-refractivity contribution < 1.29 is 14.3 Å². The molecule has 0 bridgehead atoms. The van der Waals surface area contributed by atoms with Gasteiger partial charge in [0.25, 0.3) is 0 Å². The first-order valence-corrected chi connectivity index (χ1v) is 6.04. The molecule has 0 amide bonds. The molecule has 2 aromatic rings. The Morgan fingerprint density at radius 2 is 2.26 bits per heavy atom. The molecule has 3 rings (SSSR count). The van der Waals surface area contributed by atoms with Crippen LogP contribution in [0.25, 0.3) is 0 Å². The molecule has 0 spiro atoms. The first kappa shape index (κ1) is 11.8. The number of Topliss-reactive ketones (excluding diaryl/α,β-unsaturated/α-hetero) is 1. The molecule has 0 saturated carbocycles. The van der Waals surface area contributed by atoms with Crippen molar-refractivity contribution in [2.45, 2.75) is 5.92 Å². The molecular weight excluding hydrogens is 244 g/mol. The summed E-state index contributed by atoms with van der Waals surface area (Å²) in [5.41, 5.74) is 1.41. The number of fused-ring (bicyclic) bond motifs is 1. The lowest BCUT2D eigenvalue weighted by Crippen LogP contribution is -2.18. The van der Waals surface area contributed by atoms with Crippen molar-refractivity contribution in [3.05, 3.63) is 41.7 Å². The molecule has 0 radical (unpaired) electrons. The second-order valence-electron chi connectivity index (χ2n) is 4.45. The van der Waals surface area contributed by atoms with Gasteiger partial charge in [-0.05, 0) is 6.07 Å². The maximum atomic E-state index is 12.7. The molecule has 0 N–H and O–H groups in total. The number of aryl methyl sites for hydroxylation is 1. The minimum Gasteiger partial charge on any atom is -0.493 e. The summed E-state index contributed by atoms with van der Waals surface area (Å²) in [6, 6.07) is 7.61. The highest BCUT2D eigenvalue weighted by Crippen LogP contribution is 2.36. The zero-order valence-corrected chi connectivity index (χ0v) is 10.8. The molecule has 1 aliphatic heterocycles. The molecular formula is C14H14N2O3. The predicted octanol–water partition coefficient (Wildman–Crippen LogP) is 1.79. The monoisotopic (exact) mass is 258 g/mol.